The van der Waals surface area contributed by atoms with Crippen LogP contribution in [0.2, 0.25) is 0 Å². The number of nitrogens with zero attached hydrogens (tertiary/aromatic N) is 1. The highest BCUT2D eigenvalue weighted by Crippen LogP contribution is 2.28. The van der Waals surface area contributed by atoms with E-state index in [9.17, 15) is 14.4 Å². The first-order chi connectivity index (χ1) is 8.58. The number of nitrogens with one attached hydrogen (secondary N) is 1. The van der Waals surface area contributed by atoms with Crippen LogP contribution in [-0.2, 0) is 9.59 Å². The van der Waals surface area contributed by atoms with Crippen LogP contribution in [0.3, 0.4) is 0 Å². The molecule has 1 unspecified atom stereocenters. The minimum Gasteiger partial charge on any atom is -0.368 e. The van der Waals surface area contributed by atoms with Gasteiger partial charge in [-0.15, -0.1) is 0 Å². The Morgan fingerprint density at radius 3 is 2.56 bits per heavy atom. The van der Waals surface area contributed by atoms with Gasteiger partial charge in [-0.1, -0.05) is 32.1 Å². The lowest BCUT2D eigenvalue weighted by atomic mass is 9.85. The maximum Gasteiger partial charge on any atom is 0.325 e. The summed E-state index contributed by atoms with van der Waals surface area (Å²) in [5.41, 5.74) is 5.01. The Kier molecular flexibility index (Phi) is 3.84. The van der Waals surface area contributed by atoms with Gasteiger partial charge in [0.15, 0.2) is 0 Å². The second kappa shape index (κ2) is 5.37. The van der Waals surface area contributed by atoms with Crippen molar-refractivity contribution in [3.63, 3.8) is 0 Å². The molecule has 2 aliphatic rings. The van der Waals surface area contributed by atoms with Crippen molar-refractivity contribution in [2.24, 2.45) is 11.7 Å². The Hall–Kier alpha value is -1.59. The highest BCUT2D eigenvalue weighted by molar-refractivity contribution is 6.06. The Morgan fingerprint density at radius 2 is 1.94 bits per heavy atom. The van der Waals surface area contributed by atoms with Gasteiger partial charge in [0.1, 0.15) is 12.6 Å². The maximum absolute atomic E-state index is 12.0. The lowest BCUT2D eigenvalue weighted by molar-refractivity contribution is -0.131. The van der Waals surface area contributed by atoms with Crippen molar-refractivity contribution in [2.45, 2.75) is 44.6 Å². The van der Waals surface area contributed by atoms with Crippen LogP contribution in [0.1, 0.15) is 38.5 Å². The number of carbonyl (C=O) groups excluding carboxylic acids is 3. The normalized spacial score (nSPS) is 25.3. The summed E-state index contributed by atoms with van der Waals surface area (Å²) in [5, 5.41) is 2.64. The molecule has 3 N–H and O–H groups in total. The number of primary amides is 1. The van der Waals surface area contributed by atoms with Crippen molar-refractivity contribution in [3.8, 4) is 0 Å². The lowest BCUT2D eigenvalue weighted by Crippen LogP contribution is -2.39. The molecule has 0 bridgehead atoms. The van der Waals surface area contributed by atoms with Gasteiger partial charge in [0, 0.05) is 0 Å². The Balaban J connectivity index is 1.92. The van der Waals surface area contributed by atoms with E-state index in [2.05, 4.69) is 5.32 Å². The predicted octanol–water partition coefficient (Wildman–Crippen LogP) is 0.362. The zero-order valence-electron chi connectivity index (χ0n) is 10.4. The van der Waals surface area contributed by atoms with Crippen molar-refractivity contribution >= 4 is 17.8 Å². The highest BCUT2D eigenvalue weighted by atomic mass is 16.2. The third kappa shape index (κ3) is 2.80. The van der Waals surface area contributed by atoms with Crippen molar-refractivity contribution < 1.29 is 14.4 Å². The van der Waals surface area contributed by atoms with Crippen LogP contribution in [0.25, 0.3) is 0 Å². The predicted molar refractivity (Wildman–Crippen MR) is 64.4 cm³/mol. The average molecular weight is 253 g/mol. The number of amides is 4. The Morgan fingerprint density at radius 1 is 1.28 bits per heavy atom. The van der Waals surface area contributed by atoms with Crippen LogP contribution in [-0.4, -0.2) is 35.3 Å². The van der Waals surface area contributed by atoms with Gasteiger partial charge >= 0.3 is 6.03 Å². The summed E-state index contributed by atoms with van der Waals surface area (Å²) in [6.45, 7) is -0.328. The van der Waals surface area contributed by atoms with Gasteiger partial charge in [-0.05, 0) is 12.3 Å². The van der Waals surface area contributed by atoms with Crippen LogP contribution < -0.4 is 11.1 Å². The number of hydrogen-bond acceptors (Lipinski definition) is 3. The summed E-state index contributed by atoms with van der Waals surface area (Å²) >= 11 is 0. The smallest absolute Gasteiger partial charge is 0.325 e. The summed E-state index contributed by atoms with van der Waals surface area (Å²) in [4.78, 5) is 35.2. The summed E-state index contributed by atoms with van der Waals surface area (Å²) in [7, 11) is 0. The minimum absolute atomic E-state index is 0.315. The zero-order chi connectivity index (χ0) is 13.1. The summed E-state index contributed by atoms with van der Waals surface area (Å²) < 4.78 is 0. The number of hydrogen-bond donors (Lipinski definition) is 2. The standard InChI is InChI=1S/C12H19N3O3/c13-10(16)7-15-11(17)9(14-12(15)18)6-8-4-2-1-3-5-8/h8-9H,1-7H2,(H2,13,16)(H,14,18). The topological polar surface area (TPSA) is 92.5 Å². The Bertz CT molecular complexity index is 364. The van der Waals surface area contributed by atoms with Crippen molar-refractivity contribution in [1.82, 2.24) is 10.2 Å². The molecule has 1 saturated heterocycles. The van der Waals surface area contributed by atoms with Gasteiger partial charge in [-0.2, -0.15) is 0 Å². The molecule has 1 aliphatic carbocycles. The molecular weight excluding hydrogens is 234 g/mol. The number of imide groups is 1. The summed E-state index contributed by atoms with van der Waals surface area (Å²) in [6.07, 6.45) is 6.58. The number of urea groups is 1. The summed E-state index contributed by atoms with van der Waals surface area (Å²) in [5.74, 6) is -0.484. The van der Waals surface area contributed by atoms with Crippen LogP contribution in [0, 0.1) is 5.92 Å². The van der Waals surface area contributed by atoms with Gasteiger partial charge in [0.25, 0.3) is 5.91 Å². The van der Waals surface area contributed by atoms with Gasteiger partial charge in [0.05, 0.1) is 0 Å². The molecule has 1 saturated carbocycles. The molecule has 0 aromatic heterocycles. The maximum atomic E-state index is 12.0. The number of carbonyl (C=O) groups is 3. The molecular formula is C12H19N3O3. The van der Waals surface area contributed by atoms with E-state index in [1.165, 1.54) is 19.3 Å². The molecule has 1 aliphatic heterocycles. The van der Waals surface area contributed by atoms with Crippen LogP contribution in [0.4, 0.5) is 4.79 Å². The van der Waals surface area contributed by atoms with E-state index in [1.54, 1.807) is 0 Å². The Labute approximate surface area is 106 Å². The molecule has 2 fully saturated rings. The van der Waals surface area contributed by atoms with E-state index in [0.717, 1.165) is 17.7 Å². The van der Waals surface area contributed by atoms with Crippen LogP contribution in [0.15, 0.2) is 0 Å². The van der Waals surface area contributed by atoms with Crippen LogP contribution >= 0.6 is 0 Å². The third-order valence-corrected chi connectivity index (χ3v) is 3.71. The van der Waals surface area contributed by atoms with Crippen molar-refractivity contribution in [1.29, 1.82) is 0 Å². The highest BCUT2D eigenvalue weighted by Gasteiger charge is 2.39. The first-order valence-corrected chi connectivity index (χ1v) is 6.48. The first-order valence-electron chi connectivity index (χ1n) is 6.48. The summed E-state index contributed by atoms with van der Waals surface area (Å²) in [6, 6.07) is -0.973. The molecule has 2 rings (SSSR count). The van der Waals surface area contributed by atoms with Gasteiger partial charge < -0.3 is 11.1 Å². The fourth-order valence-corrected chi connectivity index (χ4v) is 2.80. The minimum atomic E-state index is -0.670. The van der Waals surface area contributed by atoms with E-state index in [0.29, 0.717) is 12.3 Å². The van der Waals surface area contributed by atoms with E-state index in [4.69, 9.17) is 5.73 Å². The van der Waals surface area contributed by atoms with Gasteiger partial charge in [-0.25, -0.2) is 4.79 Å². The van der Waals surface area contributed by atoms with E-state index in [-0.39, 0.29) is 12.5 Å². The third-order valence-electron chi connectivity index (χ3n) is 3.71. The molecule has 1 atom stereocenters. The van der Waals surface area contributed by atoms with Crippen LogP contribution in [0.5, 0.6) is 0 Å². The molecule has 0 radical (unpaired) electrons. The molecule has 6 nitrogen and oxygen atoms in total. The molecule has 100 valence electrons. The fraction of sp³-hybridized carbons (Fsp3) is 0.750. The van der Waals surface area contributed by atoms with E-state index >= 15 is 0 Å². The SMILES string of the molecule is NC(=O)CN1C(=O)NC(CC2CCCCC2)C1=O. The number of nitrogens with two attached hydrogens (primary N) is 1. The zero-order valence-corrected chi connectivity index (χ0v) is 10.4. The molecule has 4 amide bonds. The second-order valence-electron chi connectivity index (χ2n) is 5.13. The quantitative estimate of drug-likeness (QED) is 0.708. The first kappa shape index (κ1) is 12.9. The van der Waals surface area contributed by atoms with Crippen molar-refractivity contribution in [3.05, 3.63) is 0 Å². The fourth-order valence-electron chi connectivity index (χ4n) is 2.80. The van der Waals surface area contributed by atoms with E-state index < -0.39 is 18.0 Å². The lowest BCUT2D eigenvalue weighted by Gasteiger charge is -2.23. The number of rotatable bonds is 4. The average Bonchev–Trinajstić information content (AvgIpc) is 2.58. The molecule has 0 spiro atoms. The van der Waals surface area contributed by atoms with E-state index in [1.807, 2.05) is 0 Å². The largest absolute Gasteiger partial charge is 0.368 e. The monoisotopic (exact) mass is 253 g/mol. The molecule has 0 aromatic carbocycles. The molecule has 6 heteroatoms. The molecule has 1 heterocycles. The van der Waals surface area contributed by atoms with Crippen molar-refractivity contribution in [2.75, 3.05) is 6.54 Å². The molecule has 18 heavy (non-hydrogen) atoms. The molecule has 0 aromatic rings. The second-order valence-corrected chi connectivity index (χ2v) is 5.13. The van der Waals surface area contributed by atoms with Gasteiger partial charge in [-0.3, -0.25) is 14.5 Å². The van der Waals surface area contributed by atoms with Gasteiger partial charge in [0.2, 0.25) is 5.91 Å².